The zero-order chi connectivity index (χ0) is 20.2. The summed E-state index contributed by atoms with van der Waals surface area (Å²) in [6, 6.07) is 11.3. The number of hydrogen-bond acceptors (Lipinski definition) is 3. The van der Waals surface area contributed by atoms with Crippen molar-refractivity contribution in [1.29, 1.82) is 0 Å². The van der Waals surface area contributed by atoms with E-state index in [2.05, 4.69) is 5.32 Å². The minimum Gasteiger partial charge on any atom is -0.353 e. The van der Waals surface area contributed by atoms with Crippen LogP contribution in [-0.2, 0) is 4.79 Å². The SMILES string of the molecule is O=C(CCCN1C(=O)c2cccc3cccc(c23)C1=O)NC1CCCCCCC1. The first-order valence-electron chi connectivity index (χ1n) is 10.8. The highest BCUT2D eigenvalue weighted by atomic mass is 16.2. The Hall–Kier alpha value is -2.69. The maximum absolute atomic E-state index is 12.9. The van der Waals surface area contributed by atoms with Crippen molar-refractivity contribution in [3.8, 4) is 0 Å². The average Bonchev–Trinajstić information content (AvgIpc) is 2.70. The summed E-state index contributed by atoms with van der Waals surface area (Å²) in [5.74, 6) is -0.505. The molecule has 5 heteroatoms. The van der Waals surface area contributed by atoms with E-state index in [9.17, 15) is 14.4 Å². The number of nitrogens with one attached hydrogen (secondary N) is 1. The lowest BCUT2D eigenvalue weighted by atomic mass is 9.94. The highest BCUT2D eigenvalue weighted by molar-refractivity contribution is 6.25. The molecular formula is C24H28N2O3. The zero-order valence-corrected chi connectivity index (χ0v) is 16.8. The zero-order valence-electron chi connectivity index (χ0n) is 16.8. The van der Waals surface area contributed by atoms with Crippen LogP contribution in [0.2, 0.25) is 0 Å². The maximum atomic E-state index is 12.9. The third-order valence-electron chi connectivity index (χ3n) is 6.11. The molecular weight excluding hydrogens is 364 g/mol. The fraction of sp³-hybridized carbons (Fsp3) is 0.458. The molecule has 2 aromatic rings. The molecule has 1 saturated carbocycles. The molecule has 0 saturated heterocycles. The fourth-order valence-corrected chi connectivity index (χ4v) is 4.58. The molecule has 1 heterocycles. The Kier molecular flexibility index (Phi) is 5.93. The number of benzene rings is 2. The van der Waals surface area contributed by atoms with Crippen LogP contribution >= 0.6 is 0 Å². The van der Waals surface area contributed by atoms with Crippen LogP contribution in [0.1, 0.15) is 78.5 Å². The molecule has 0 aromatic heterocycles. The van der Waals surface area contributed by atoms with Gasteiger partial charge in [-0.2, -0.15) is 0 Å². The monoisotopic (exact) mass is 392 g/mol. The third kappa shape index (κ3) is 4.19. The van der Waals surface area contributed by atoms with Crippen molar-refractivity contribution in [3.63, 3.8) is 0 Å². The number of imide groups is 1. The number of amides is 3. The first kappa shape index (κ1) is 19.6. The van der Waals surface area contributed by atoms with E-state index in [4.69, 9.17) is 0 Å². The van der Waals surface area contributed by atoms with Gasteiger partial charge >= 0.3 is 0 Å². The molecule has 0 unspecified atom stereocenters. The maximum Gasteiger partial charge on any atom is 0.261 e. The fourth-order valence-electron chi connectivity index (χ4n) is 4.58. The molecule has 3 amide bonds. The van der Waals surface area contributed by atoms with E-state index in [1.165, 1.54) is 37.0 Å². The summed E-state index contributed by atoms with van der Waals surface area (Å²) in [6.07, 6.45) is 9.06. The second kappa shape index (κ2) is 8.76. The molecule has 4 rings (SSSR count). The first-order valence-corrected chi connectivity index (χ1v) is 10.8. The van der Waals surface area contributed by atoms with Crippen LogP contribution in [0, 0.1) is 0 Å². The number of carbonyl (C=O) groups is 3. The Labute approximate surface area is 171 Å². The van der Waals surface area contributed by atoms with Crippen LogP contribution in [-0.4, -0.2) is 35.2 Å². The molecule has 5 nitrogen and oxygen atoms in total. The van der Waals surface area contributed by atoms with E-state index in [1.807, 2.05) is 24.3 Å². The molecule has 2 aromatic carbocycles. The lowest BCUT2D eigenvalue weighted by Gasteiger charge is -2.27. The molecule has 29 heavy (non-hydrogen) atoms. The lowest BCUT2D eigenvalue weighted by Crippen LogP contribution is -2.41. The molecule has 0 radical (unpaired) electrons. The normalized spacial score (nSPS) is 17.9. The van der Waals surface area contributed by atoms with Gasteiger partial charge in [0.2, 0.25) is 5.91 Å². The van der Waals surface area contributed by atoms with Crippen molar-refractivity contribution >= 4 is 28.5 Å². The minimum absolute atomic E-state index is 0.0231. The van der Waals surface area contributed by atoms with E-state index >= 15 is 0 Å². The Balaban J connectivity index is 1.36. The topological polar surface area (TPSA) is 66.5 Å². The van der Waals surface area contributed by atoms with Crippen LogP contribution in [0.15, 0.2) is 36.4 Å². The molecule has 0 atom stereocenters. The van der Waals surface area contributed by atoms with Crippen LogP contribution in [0.3, 0.4) is 0 Å². The van der Waals surface area contributed by atoms with Crippen LogP contribution in [0.5, 0.6) is 0 Å². The summed E-state index contributed by atoms with van der Waals surface area (Å²) in [4.78, 5) is 39.4. The van der Waals surface area contributed by atoms with Crippen molar-refractivity contribution in [1.82, 2.24) is 10.2 Å². The van der Waals surface area contributed by atoms with Crippen LogP contribution < -0.4 is 5.32 Å². The molecule has 1 aliphatic heterocycles. The van der Waals surface area contributed by atoms with Gasteiger partial charge < -0.3 is 5.32 Å². The Morgan fingerprint density at radius 3 is 2.10 bits per heavy atom. The van der Waals surface area contributed by atoms with Crippen molar-refractivity contribution < 1.29 is 14.4 Å². The number of nitrogens with zero attached hydrogens (tertiary/aromatic N) is 1. The van der Waals surface area contributed by atoms with Gasteiger partial charge in [0.05, 0.1) is 0 Å². The standard InChI is InChI=1S/C24H28N2O3/c27-21(25-18-11-4-2-1-3-5-12-18)15-8-16-26-23(28)19-13-6-9-17-10-7-14-20(22(17)19)24(26)29/h6-7,9-10,13-14,18H,1-5,8,11-12,15-16H2,(H,25,27). The van der Waals surface area contributed by atoms with Crippen LogP contribution in [0.4, 0.5) is 0 Å². The van der Waals surface area contributed by atoms with Gasteiger partial charge in [-0.05, 0) is 36.8 Å². The van der Waals surface area contributed by atoms with Gasteiger partial charge in [0.15, 0.2) is 0 Å². The lowest BCUT2D eigenvalue weighted by molar-refractivity contribution is -0.122. The van der Waals surface area contributed by atoms with Gasteiger partial charge in [0.1, 0.15) is 0 Å². The largest absolute Gasteiger partial charge is 0.353 e. The highest BCUT2D eigenvalue weighted by Crippen LogP contribution is 2.30. The Morgan fingerprint density at radius 1 is 0.897 bits per heavy atom. The summed E-state index contributed by atoms with van der Waals surface area (Å²) >= 11 is 0. The second-order valence-electron chi connectivity index (χ2n) is 8.18. The van der Waals surface area contributed by atoms with E-state index in [0.717, 1.165) is 23.6 Å². The summed E-state index contributed by atoms with van der Waals surface area (Å²) in [5, 5.41) is 4.79. The van der Waals surface area contributed by atoms with Crippen molar-refractivity contribution in [2.75, 3.05) is 6.54 Å². The van der Waals surface area contributed by atoms with E-state index < -0.39 is 0 Å². The third-order valence-corrected chi connectivity index (χ3v) is 6.11. The quantitative estimate of drug-likeness (QED) is 0.765. The minimum atomic E-state index is -0.264. The first-order chi connectivity index (χ1) is 14.1. The summed E-state index contributed by atoms with van der Waals surface area (Å²) in [6.45, 7) is 0.264. The number of rotatable bonds is 5. The van der Waals surface area contributed by atoms with Gasteiger partial charge in [-0.15, -0.1) is 0 Å². The Morgan fingerprint density at radius 2 is 1.48 bits per heavy atom. The van der Waals surface area contributed by atoms with Gasteiger partial charge in [0.25, 0.3) is 11.8 Å². The summed E-state index contributed by atoms with van der Waals surface area (Å²) in [5.41, 5.74) is 1.13. The van der Waals surface area contributed by atoms with Crippen molar-refractivity contribution in [2.45, 2.75) is 63.8 Å². The van der Waals surface area contributed by atoms with E-state index in [1.54, 1.807) is 12.1 Å². The predicted molar refractivity (Wildman–Crippen MR) is 113 cm³/mol. The van der Waals surface area contributed by atoms with Gasteiger partial charge in [-0.3, -0.25) is 19.3 Å². The molecule has 2 aliphatic rings. The highest BCUT2D eigenvalue weighted by Gasteiger charge is 2.32. The smallest absolute Gasteiger partial charge is 0.261 e. The molecule has 0 spiro atoms. The molecule has 1 fully saturated rings. The molecule has 1 aliphatic carbocycles. The second-order valence-corrected chi connectivity index (χ2v) is 8.18. The summed E-state index contributed by atoms with van der Waals surface area (Å²) in [7, 11) is 0. The molecule has 1 N–H and O–H groups in total. The van der Waals surface area contributed by atoms with Gasteiger partial charge in [0, 0.05) is 35.5 Å². The summed E-state index contributed by atoms with van der Waals surface area (Å²) < 4.78 is 0. The Bertz CT molecular complexity index is 878. The number of hydrogen-bond donors (Lipinski definition) is 1. The molecule has 0 bridgehead atoms. The van der Waals surface area contributed by atoms with Crippen molar-refractivity contribution in [3.05, 3.63) is 47.5 Å². The van der Waals surface area contributed by atoms with Crippen LogP contribution in [0.25, 0.3) is 10.8 Å². The van der Waals surface area contributed by atoms with E-state index in [-0.39, 0.29) is 30.3 Å². The van der Waals surface area contributed by atoms with Gasteiger partial charge in [-0.25, -0.2) is 0 Å². The number of carbonyl (C=O) groups excluding carboxylic acids is 3. The van der Waals surface area contributed by atoms with Crippen molar-refractivity contribution in [2.24, 2.45) is 0 Å². The average molecular weight is 392 g/mol. The van der Waals surface area contributed by atoms with E-state index in [0.29, 0.717) is 24.0 Å². The molecule has 152 valence electrons. The predicted octanol–water partition coefficient (Wildman–Crippen LogP) is 4.45. The van der Waals surface area contributed by atoms with Gasteiger partial charge in [-0.1, -0.05) is 56.4 Å².